The highest BCUT2D eigenvalue weighted by molar-refractivity contribution is 7.93. The van der Waals surface area contributed by atoms with Crippen molar-refractivity contribution in [1.82, 2.24) is 14.8 Å². The van der Waals surface area contributed by atoms with Crippen LogP contribution < -0.4 is 9.46 Å². The van der Waals surface area contributed by atoms with E-state index in [1.165, 1.54) is 24.4 Å². The summed E-state index contributed by atoms with van der Waals surface area (Å²) in [5.74, 6) is 0.740. The summed E-state index contributed by atoms with van der Waals surface area (Å²) in [5, 5.41) is 15.6. The van der Waals surface area contributed by atoms with E-state index in [1.807, 2.05) is 12.1 Å². The standard InChI is InChI=1S/C19H13N5O3S2/c20-13-14-11-17(29(25,26)23-19-21-8-10-28-19)5-6-18(14)27-16-4-1-3-15(12-16)24-9-2-7-22-24/h1-12H,(H,21,23). The zero-order chi connectivity index (χ0) is 20.3. The van der Waals surface area contributed by atoms with Crippen molar-refractivity contribution < 1.29 is 13.2 Å². The van der Waals surface area contributed by atoms with Crippen molar-refractivity contribution in [3.63, 3.8) is 0 Å². The number of aromatic nitrogens is 3. The minimum Gasteiger partial charge on any atom is -0.456 e. The molecule has 144 valence electrons. The molecule has 4 aromatic rings. The Morgan fingerprint density at radius 2 is 2.03 bits per heavy atom. The van der Waals surface area contributed by atoms with Gasteiger partial charge in [-0.3, -0.25) is 4.72 Å². The van der Waals surface area contributed by atoms with Crippen molar-refractivity contribution in [2.45, 2.75) is 4.90 Å². The smallest absolute Gasteiger partial charge is 0.263 e. The molecule has 2 aromatic heterocycles. The van der Waals surface area contributed by atoms with E-state index in [0.29, 0.717) is 5.75 Å². The summed E-state index contributed by atoms with van der Waals surface area (Å²) in [7, 11) is -3.86. The minimum absolute atomic E-state index is 0.0538. The number of ether oxygens (including phenoxy) is 1. The minimum atomic E-state index is -3.86. The van der Waals surface area contributed by atoms with Gasteiger partial charge in [-0.15, -0.1) is 11.3 Å². The van der Waals surface area contributed by atoms with Gasteiger partial charge < -0.3 is 4.74 Å². The molecule has 0 aliphatic heterocycles. The van der Waals surface area contributed by atoms with Gasteiger partial charge in [-0.1, -0.05) is 6.07 Å². The maximum Gasteiger partial charge on any atom is 0.263 e. The van der Waals surface area contributed by atoms with Crippen LogP contribution in [0.4, 0.5) is 5.13 Å². The van der Waals surface area contributed by atoms with E-state index in [1.54, 1.807) is 46.7 Å². The van der Waals surface area contributed by atoms with Gasteiger partial charge >= 0.3 is 0 Å². The number of hydrogen-bond acceptors (Lipinski definition) is 7. The molecule has 0 atom stereocenters. The van der Waals surface area contributed by atoms with Crippen molar-refractivity contribution in [1.29, 1.82) is 5.26 Å². The number of benzene rings is 2. The summed E-state index contributed by atoms with van der Waals surface area (Å²) in [6.45, 7) is 0. The van der Waals surface area contributed by atoms with Gasteiger partial charge in [-0.2, -0.15) is 10.4 Å². The molecule has 29 heavy (non-hydrogen) atoms. The van der Waals surface area contributed by atoms with Crippen LogP contribution in [0, 0.1) is 11.3 Å². The zero-order valence-electron chi connectivity index (χ0n) is 14.8. The second-order valence-corrected chi connectivity index (χ2v) is 8.34. The number of anilines is 1. The first kappa shape index (κ1) is 18.7. The summed E-state index contributed by atoms with van der Waals surface area (Å²) in [5.41, 5.74) is 0.884. The fraction of sp³-hybridized carbons (Fsp3) is 0. The van der Waals surface area contributed by atoms with Gasteiger partial charge in [0.2, 0.25) is 0 Å². The first-order valence-electron chi connectivity index (χ1n) is 8.29. The molecule has 0 saturated heterocycles. The third-order valence-corrected chi connectivity index (χ3v) is 6.00. The van der Waals surface area contributed by atoms with Gasteiger partial charge in [0.05, 0.1) is 16.1 Å². The third-order valence-electron chi connectivity index (χ3n) is 3.85. The van der Waals surface area contributed by atoms with E-state index in [9.17, 15) is 13.7 Å². The predicted octanol–water partition coefficient (Wildman–Crippen LogP) is 3.79. The second kappa shape index (κ2) is 7.75. The van der Waals surface area contributed by atoms with Crippen LogP contribution in [0.1, 0.15) is 5.56 Å². The fourth-order valence-electron chi connectivity index (χ4n) is 2.54. The lowest BCUT2D eigenvalue weighted by Crippen LogP contribution is -2.13. The summed E-state index contributed by atoms with van der Waals surface area (Å²) in [6, 6.07) is 15.1. The van der Waals surface area contributed by atoms with Gasteiger partial charge in [0.15, 0.2) is 5.13 Å². The first-order valence-corrected chi connectivity index (χ1v) is 10.7. The lowest BCUT2D eigenvalue weighted by atomic mass is 10.2. The van der Waals surface area contributed by atoms with Crippen LogP contribution in [0.15, 0.2) is 77.4 Å². The highest BCUT2D eigenvalue weighted by Crippen LogP contribution is 2.29. The zero-order valence-corrected chi connectivity index (χ0v) is 16.4. The van der Waals surface area contributed by atoms with Crippen LogP contribution >= 0.6 is 11.3 Å². The van der Waals surface area contributed by atoms with E-state index in [0.717, 1.165) is 17.0 Å². The molecule has 2 heterocycles. The van der Waals surface area contributed by atoms with Crippen LogP contribution in [-0.2, 0) is 10.0 Å². The molecular weight excluding hydrogens is 410 g/mol. The number of nitrogens with one attached hydrogen (secondary N) is 1. The Morgan fingerprint density at radius 1 is 1.14 bits per heavy atom. The monoisotopic (exact) mass is 423 g/mol. The van der Waals surface area contributed by atoms with Crippen molar-refractivity contribution in [3.05, 3.63) is 78.1 Å². The van der Waals surface area contributed by atoms with Gasteiger partial charge in [-0.25, -0.2) is 18.1 Å². The van der Waals surface area contributed by atoms with Crippen LogP contribution in [0.5, 0.6) is 11.5 Å². The molecule has 0 unspecified atom stereocenters. The maximum atomic E-state index is 12.5. The normalized spacial score (nSPS) is 11.0. The Hall–Kier alpha value is -3.68. The highest BCUT2D eigenvalue weighted by atomic mass is 32.2. The van der Waals surface area contributed by atoms with Crippen LogP contribution in [0.2, 0.25) is 0 Å². The average molecular weight is 423 g/mol. The van der Waals surface area contributed by atoms with Crippen LogP contribution in [0.3, 0.4) is 0 Å². The largest absolute Gasteiger partial charge is 0.456 e. The quantitative estimate of drug-likeness (QED) is 0.505. The van der Waals surface area contributed by atoms with Crippen molar-refractivity contribution in [2.75, 3.05) is 4.72 Å². The van der Waals surface area contributed by atoms with Crippen molar-refractivity contribution in [3.8, 4) is 23.3 Å². The van der Waals surface area contributed by atoms with E-state index in [4.69, 9.17) is 4.74 Å². The molecule has 0 aliphatic rings. The van der Waals surface area contributed by atoms with Crippen LogP contribution in [-0.4, -0.2) is 23.2 Å². The maximum absolute atomic E-state index is 12.5. The lowest BCUT2D eigenvalue weighted by Gasteiger charge is -2.11. The first-order chi connectivity index (χ1) is 14.0. The Balaban J connectivity index is 1.61. The molecule has 0 spiro atoms. The molecule has 1 N–H and O–H groups in total. The molecule has 0 amide bonds. The van der Waals surface area contributed by atoms with E-state index >= 15 is 0 Å². The van der Waals surface area contributed by atoms with Crippen molar-refractivity contribution in [2.24, 2.45) is 0 Å². The Labute approximate surface area is 170 Å². The van der Waals surface area contributed by atoms with Crippen LogP contribution in [0.25, 0.3) is 5.69 Å². The van der Waals surface area contributed by atoms with Gasteiger partial charge in [0.25, 0.3) is 10.0 Å². The molecule has 4 rings (SSSR count). The van der Waals surface area contributed by atoms with E-state index in [-0.39, 0.29) is 21.3 Å². The Kier molecular flexibility index (Phi) is 4.99. The Morgan fingerprint density at radius 3 is 2.76 bits per heavy atom. The summed E-state index contributed by atoms with van der Waals surface area (Å²) >= 11 is 1.16. The summed E-state index contributed by atoms with van der Waals surface area (Å²) in [6.07, 6.45) is 4.96. The molecular formula is C19H13N5O3S2. The summed E-state index contributed by atoms with van der Waals surface area (Å²) in [4.78, 5) is 3.85. The molecule has 8 nitrogen and oxygen atoms in total. The van der Waals surface area contributed by atoms with Gasteiger partial charge in [0, 0.05) is 30.0 Å². The van der Waals surface area contributed by atoms with E-state index < -0.39 is 10.0 Å². The topological polar surface area (TPSA) is 110 Å². The lowest BCUT2D eigenvalue weighted by molar-refractivity contribution is 0.480. The number of thiazole rings is 1. The SMILES string of the molecule is N#Cc1cc(S(=O)(=O)Nc2nccs2)ccc1Oc1cccc(-n2cccn2)c1. The molecule has 0 fully saturated rings. The highest BCUT2D eigenvalue weighted by Gasteiger charge is 2.18. The molecule has 10 heteroatoms. The average Bonchev–Trinajstić information content (AvgIpc) is 3.42. The number of nitrogens with zero attached hydrogens (tertiary/aromatic N) is 4. The second-order valence-electron chi connectivity index (χ2n) is 5.76. The molecule has 0 saturated carbocycles. The number of rotatable bonds is 6. The van der Waals surface area contributed by atoms with Crippen molar-refractivity contribution >= 4 is 26.5 Å². The number of hydrogen-bond donors (Lipinski definition) is 1. The Bertz CT molecular complexity index is 1280. The third kappa shape index (κ3) is 4.11. The van der Waals surface area contributed by atoms with Gasteiger partial charge in [-0.05, 0) is 36.4 Å². The molecule has 0 bridgehead atoms. The fourth-order valence-corrected chi connectivity index (χ4v) is 4.35. The molecule has 2 aromatic carbocycles. The number of nitriles is 1. The van der Waals surface area contributed by atoms with Gasteiger partial charge in [0.1, 0.15) is 17.6 Å². The number of sulfonamides is 1. The predicted molar refractivity (Wildman–Crippen MR) is 108 cm³/mol. The van der Waals surface area contributed by atoms with E-state index in [2.05, 4.69) is 14.8 Å². The molecule has 0 aliphatic carbocycles. The summed E-state index contributed by atoms with van der Waals surface area (Å²) < 4.78 is 34.9. The molecule has 0 radical (unpaired) electrons.